The Morgan fingerprint density at radius 1 is 1.28 bits per heavy atom. The molecule has 1 fully saturated rings. The molecule has 4 rings (SSSR count). The molecular weight excluding hydrogens is 467 g/mol. The van der Waals surface area contributed by atoms with Gasteiger partial charge in [-0.25, -0.2) is 4.98 Å². The summed E-state index contributed by atoms with van der Waals surface area (Å²) >= 11 is 0. The summed E-state index contributed by atoms with van der Waals surface area (Å²) in [4.78, 5) is 23.7. The molecule has 1 aliphatic heterocycles. The molecule has 1 aromatic carbocycles. The van der Waals surface area contributed by atoms with Gasteiger partial charge in [0.1, 0.15) is 11.4 Å². The number of ketones is 1. The van der Waals surface area contributed by atoms with Gasteiger partial charge in [0.05, 0.1) is 24.4 Å². The zero-order valence-corrected chi connectivity index (χ0v) is 20.2. The van der Waals surface area contributed by atoms with Crippen LogP contribution in [0.2, 0.25) is 0 Å². The molecule has 1 unspecified atom stereocenters. The third-order valence-electron chi connectivity index (χ3n) is 6.46. The molecule has 0 radical (unpaired) electrons. The van der Waals surface area contributed by atoms with Crippen LogP contribution in [-0.4, -0.2) is 58.1 Å². The standard InChI is InChI=1S/C27H30F3N5O/c1-2-34-10-8-23(18-34)32-16-22(15-31)20-7-11-35-25(17-33-26(35)14-20)21-5-3-4-19(12-21)13-24(36)6-9-27(28,29)30/h3-5,7,11-12,14-17,23H,2,6,8-10,13,18,31H2,1H3. The van der Waals surface area contributed by atoms with Crippen LogP contribution in [0.3, 0.4) is 0 Å². The summed E-state index contributed by atoms with van der Waals surface area (Å²) in [6.45, 7) is 5.20. The summed E-state index contributed by atoms with van der Waals surface area (Å²) in [6.07, 6.45) is 2.09. The molecule has 36 heavy (non-hydrogen) atoms. The Kier molecular flexibility index (Phi) is 7.88. The van der Waals surface area contributed by atoms with Crippen LogP contribution in [0.15, 0.2) is 60.0 Å². The predicted molar refractivity (Wildman–Crippen MR) is 136 cm³/mol. The number of allylic oxidation sites excluding steroid dienone is 1. The van der Waals surface area contributed by atoms with Crippen molar-refractivity contribution in [2.45, 2.75) is 44.8 Å². The second kappa shape index (κ2) is 11.1. The van der Waals surface area contributed by atoms with E-state index in [1.807, 2.05) is 41.1 Å². The second-order valence-electron chi connectivity index (χ2n) is 9.05. The SMILES string of the molecule is CCN1CCC(N=CC(=CN)c2ccn3c(-c4cccc(CC(=O)CCC(F)(F)F)c4)cnc3c2)C1. The van der Waals surface area contributed by atoms with E-state index in [1.54, 1.807) is 24.5 Å². The van der Waals surface area contributed by atoms with E-state index in [4.69, 9.17) is 10.7 Å². The van der Waals surface area contributed by atoms with E-state index >= 15 is 0 Å². The minimum absolute atomic E-state index is 0.0359. The molecule has 0 spiro atoms. The van der Waals surface area contributed by atoms with Crippen molar-refractivity contribution in [3.05, 3.63) is 66.1 Å². The molecule has 1 saturated heterocycles. The van der Waals surface area contributed by atoms with Gasteiger partial charge in [-0.15, -0.1) is 0 Å². The topological polar surface area (TPSA) is 76.0 Å². The number of aromatic nitrogens is 2. The highest BCUT2D eigenvalue weighted by Crippen LogP contribution is 2.25. The molecule has 9 heteroatoms. The van der Waals surface area contributed by atoms with E-state index in [0.717, 1.165) is 54.1 Å². The number of imidazole rings is 1. The van der Waals surface area contributed by atoms with Crippen molar-refractivity contribution in [2.75, 3.05) is 19.6 Å². The molecule has 2 N–H and O–H groups in total. The zero-order valence-electron chi connectivity index (χ0n) is 20.2. The minimum Gasteiger partial charge on any atom is -0.404 e. The van der Waals surface area contributed by atoms with Gasteiger partial charge >= 0.3 is 6.18 Å². The first-order valence-electron chi connectivity index (χ1n) is 12.1. The zero-order chi connectivity index (χ0) is 25.7. The maximum atomic E-state index is 12.4. The number of carbonyl (C=O) groups is 1. The number of likely N-dealkylation sites (tertiary alicyclic amines) is 1. The van der Waals surface area contributed by atoms with Crippen LogP contribution in [0.4, 0.5) is 13.2 Å². The molecule has 0 aliphatic carbocycles. The van der Waals surface area contributed by atoms with E-state index in [0.29, 0.717) is 5.56 Å². The fourth-order valence-corrected chi connectivity index (χ4v) is 4.43. The van der Waals surface area contributed by atoms with Crippen molar-refractivity contribution in [2.24, 2.45) is 10.7 Å². The van der Waals surface area contributed by atoms with E-state index < -0.39 is 24.8 Å². The van der Waals surface area contributed by atoms with Crippen molar-refractivity contribution >= 4 is 23.2 Å². The van der Waals surface area contributed by atoms with Gasteiger partial charge in [0.2, 0.25) is 0 Å². The van der Waals surface area contributed by atoms with Gasteiger partial charge in [-0.3, -0.25) is 14.2 Å². The van der Waals surface area contributed by atoms with Crippen molar-refractivity contribution in [3.8, 4) is 11.3 Å². The first-order valence-corrected chi connectivity index (χ1v) is 12.1. The van der Waals surface area contributed by atoms with E-state index in [9.17, 15) is 18.0 Å². The largest absolute Gasteiger partial charge is 0.404 e. The minimum atomic E-state index is -4.33. The van der Waals surface area contributed by atoms with Crippen LogP contribution in [0.5, 0.6) is 0 Å². The quantitative estimate of drug-likeness (QED) is 0.426. The number of fused-ring (bicyclic) bond motifs is 1. The lowest BCUT2D eigenvalue weighted by Gasteiger charge is -2.10. The highest BCUT2D eigenvalue weighted by atomic mass is 19.4. The van der Waals surface area contributed by atoms with Gasteiger partial charge in [-0.05, 0) is 42.3 Å². The number of hydrogen-bond acceptors (Lipinski definition) is 5. The lowest BCUT2D eigenvalue weighted by molar-refractivity contribution is -0.143. The summed E-state index contributed by atoms with van der Waals surface area (Å²) in [5, 5.41) is 0. The number of pyridine rings is 1. The van der Waals surface area contributed by atoms with Gasteiger partial charge in [0, 0.05) is 55.7 Å². The molecule has 0 bridgehead atoms. The summed E-state index contributed by atoms with van der Waals surface area (Å²) < 4.78 is 39.2. The van der Waals surface area contributed by atoms with Gasteiger partial charge in [0.15, 0.2) is 0 Å². The molecule has 0 saturated carbocycles. The van der Waals surface area contributed by atoms with Crippen molar-refractivity contribution in [1.82, 2.24) is 14.3 Å². The lowest BCUT2D eigenvalue weighted by Crippen LogP contribution is -2.20. The molecule has 2 aromatic heterocycles. The van der Waals surface area contributed by atoms with E-state index in [-0.39, 0.29) is 12.5 Å². The van der Waals surface area contributed by atoms with Gasteiger partial charge in [-0.2, -0.15) is 13.2 Å². The Hall–Kier alpha value is -3.46. The van der Waals surface area contributed by atoms with Crippen LogP contribution in [0, 0.1) is 0 Å². The Bertz CT molecular complexity index is 1280. The molecule has 1 atom stereocenters. The third-order valence-corrected chi connectivity index (χ3v) is 6.46. The number of benzene rings is 1. The molecule has 190 valence electrons. The van der Waals surface area contributed by atoms with Crippen LogP contribution in [0.1, 0.15) is 37.3 Å². The fourth-order valence-electron chi connectivity index (χ4n) is 4.43. The fraction of sp³-hybridized carbons (Fsp3) is 0.370. The molecule has 3 aromatic rings. The van der Waals surface area contributed by atoms with Crippen molar-refractivity contribution in [3.63, 3.8) is 0 Å². The van der Waals surface area contributed by atoms with Crippen LogP contribution < -0.4 is 5.73 Å². The molecule has 1 aliphatic rings. The maximum Gasteiger partial charge on any atom is 0.389 e. The molecule has 6 nitrogen and oxygen atoms in total. The number of alkyl halides is 3. The van der Waals surface area contributed by atoms with Crippen molar-refractivity contribution < 1.29 is 18.0 Å². The Morgan fingerprint density at radius 2 is 2.11 bits per heavy atom. The van der Waals surface area contributed by atoms with Crippen LogP contribution in [0.25, 0.3) is 22.5 Å². The predicted octanol–water partition coefficient (Wildman–Crippen LogP) is 4.92. The van der Waals surface area contributed by atoms with Gasteiger partial charge in [0.25, 0.3) is 0 Å². The number of rotatable bonds is 9. The second-order valence-corrected chi connectivity index (χ2v) is 9.05. The first-order chi connectivity index (χ1) is 17.3. The summed E-state index contributed by atoms with van der Waals surface area (Å²) in [5.74, 6) is -0.435. The highest BCUT2D eigenvalue weighted by Gasteiger charge is 2.27. The Morgan fingerprint density at radius 3 is 2.83 bits per heavy atom. The molecule has 3 heterocycles. The smallest absolute Gasteiger partial charge is 0.389 e. The average Bonchev–Trinajstić information content (AvgIpc) is 3.49. The number of carbonyl (C=O) groups excluding carboxylic acids is 1. The molecule has 0 amide bonds. The monoisotopic (exact) mass is 497 g/mol. The normalized spacial score (nSPS) is 17.4. The summed E-state index contributed by atoms with van der Waals surface area (Å²) in [5.41, 5.74) is 10.7. The van der Waals surface area contributed by atoms with Crippen LogP contribution >= 0.6 is 0 Å². The molecular formula is C27H30F3N5O. The number of Topliss-reactive ketones (excluding diaryl/α,β-unsaturated/α-hetero) is 1. The highest BCUT2D eigenvalue weighted by molar-refractivity contribution is 6.10. The van der Waals surface area contributed by atoms with Gasteiger partial charge in [-0.1, -0.05) is 25.1 Å². The lowest BCUT2D eigenvalue weighted by atomic mass is 10.0. The third kappa shape index (κ3) is 6.40. The number of likely N-dealkylation sites (N-methyl/N-ethyl adjacent to an activating group) is 1. The Balaban J connectivity index is 1.49. The number of hydrogen-bond donors (Lipinski definition) is 1. The van der Waals surface area contributed by atoms with Crippen molar-refractivity contribution in [1.29, 1.82) is 0 Å². The number of nitrogens with zero attached hydrogens (tertiary/aromatic N) is 4. The maximum absolute atomic E-state index is 12.4. The first kappa shape index (κ1) is 25.6. The Labute approximate surface area is 208 Å². The summed E-state index contributed by atoms with van der Waals surface area (Å²) in [7, 11) is 0. The van der Waals surface area contributed by atoms with Gasteiger partial charge < -0.3 is 10.6 Å². The van der Waals surface area contributed by atoms with Crippen LogP contribution in [-0.2, 0) is 11.2 Å². The summed E-state index contributed by atoms with van der Waals surface area (Å²) in [6, 6.07) is 11.4. The number of aliphatic imine (C=N–C) groups is 1. The van der Waals surface area contributed by atoms with E-state index in [2.05, 4.69) is 16.8 Å². The average molecular weight is 498 g/mol. The number of halogens is 3. The van der Waals surface area contributed by atoms with E-state index in [1.165, 1.54) is 0 Å². The number of nitrogens with two attached hydrogens (primary N) is 1.